The van der Waals surface area contributed by atoms with Gasteiger partial charge in [0.25, 0.3) is 0 Å². The SMILES string of the molecule is CNC1C(=O)Nc2cc(SCC(O)CO)c(Cl)cc21. The maximum Gasteiger partial charge on any atom is 0.246 e. The fourth-order valence-electron chi connectivity index (χ4n) is 1.90. The number of carbonyl (C=O) groups is 1. The van der Waals surface area contributed by atoms with E-state index >= 15 is 0 Å². The van der Waals surface area contributed by atoms with Crippen molar-refractivity contribution in [1.82, 2.24) is 5.32 Å². The fourth-order valence-corrected chi connectivity index (χ4v) is 3.11. The molecule has 0 aliphatic carbocycles. The Bertz CT molecular complexity index is 498. The number of likely N-dealkylation sites (N-methyl/N-ethyl adjacent to an activating group) is 1. The quantitative estimate of drug-likeness (QED) is 0.610. The first-order chi connectivity index (χ1) is 9.06. The van der Waals surface area contributed by atoms with Crippen LogP contribution in [0.4, 0.5) is 5.69 Å². The molecule has 0 saturated carbocycles. The molecule has 1 aliphatic rings. The number of amides is 1. The van der Waals surface area contributed by atoms with Crippen molar-refractivity contribution in [3.63, 3.8) is 0 Å². The highest BCUT2D eigenvalue weighted by molar-refractivity contribution is 7.99. The molecule has 0 saturated heterocycles. The molecule has 2 rings (SSSR count). The molecule has 2 atom stereocenters. The molecule has 1 aromatic rings. The van der Waals surface area contributed by atoms with Crippen LogP contribution in [0.5, 0.6) is 0 Å². The van der Waals surface area contributed by atoms with Gasteiger partial charge in [-0.3, -0.25) is 4.79 Å². The second kappa shape index (κ2) is 6.11. The molecular weight excluding hydrogens is 288 g/mol. The summed E-state index contributed by atoms with van der Waals surface area (Å²) in [5, 5.41) is 24.3. The number of fused-ring (bicyclic) bond motifs is 1. The van der Waals surface area contributed by atoms with Crippen LogP contribution in [-0.4, -0.2) is 41.6 Å². The number of carbonyl (C=O) groups excluding carboxylic acids is 1. The number of anilines is 1. The lowest BCUT2D eigenvalue weighted by Crippen LogP contribution is -2.23. The molecule has 0 spiro atoms. The van der Waals surface area contributed by atoms with Crippen molar-refractivity contribution >= 4 is 35.0 Å². The van der Waals surface area contributed by atoms with Crippen LogP contribution in [0.2, 0.25) is 5.02 Å². The molecule has 1 aliphatic heterocycles. The zero-order chi connectivity index (χ0) is 14.0. The number of aliphatic hydroxyl groups excluding tert-OH is 2. The number of benzene rings is 1. The summed E-state index contributed by atoms with van der Waals surface area (Å²) < 4.78 is 0. The van der Waals surface area contributed by atoms with Crippen molar-refractivity contribution in [2.75, 3.05) is 24.7 Å². The predicted octanol–water partition coefficient (Wildman–Crippen LogP) is 0.998. The van der Waals surface area contributed by atoms with Gasteiger partial charge in [0, 0.05) is 21.9 Å². The van der Waals surface area contributed by atoms with Crippen molar-refractivity contribution < 1.29 is 15.0 Å². The lowest BCUT2D eigenvalue weighted by atomic mass is 10.1. The number of aliphatic hydroxyl groups is 2. The van der Waals surface area contributed by atoms with E-state index in [9.17, 15) is 9.90 Å². The lowest BCUT2D eigenvalue weighted by molar-refractivity contribution is -0.117. The summed E-state index contributed by atoms with van der Waals surface area (Å²) in [6.07, 6.45) is -0.783. The Morgan fingerprint density at radius 2 is 2.32 bits per heavy atom. The highest BCUT2D eigenvalue weighted by Gasteiger charge is 2.30. The maximum absolute atomic E-state index is 11.7. The molecule has 0 radical (unpaired) electrons. The molecule has 2 unspecified atom stereocenters. The third kappa shape index (κ3) is 3.04. The summed E-state index contributed by atoms with van der Waals surface area (Å²) in [7, 11) is 1.72. The van der Waals surface area contributed by atoms with E-state index in [2.05, 4.69) is 10.6 Å². The van der Waals surface area contributed by atoms with Gasteiger partial charge in [-0.25, -0.2) is 0 Å². The van der Waals surface area contributed by atoms with E-state index in [1.54, 1.807) is 19.2 Å². The molecule has 1 aromatic carbocycles. The summed E-state index contributed by atoms with van der Waals surface area (Å²) in [5.74, 6) is 0.240. The average molecular weight is 303 g/mol. The van der Waals surface area contributed by atoms with Gasteiger partial charge in [0.05, 0.1) is 17.7 Å². The normalized spacial score (nSPS) is 19.2. The number of hydrogen-bond donors (Lipinski definition) is 4. The van der Waals surface area contributed by atoms with E-state index in [-0.39, 0.29) is 18.6 Å². The Morgan fingerprint density at radius 1 is 1.58 bits per heavy atom. The molecule has 4 N–H and O–H groups in total. The van der Waals surface area contributed by atoms with Crippen LogP contribution >= 0.6 is 23.4 Å². The van der Waals surface area contributed by atoms with Crippen molar-refractivity contribution in [1.29, 1.82) is 0 Å². The zero-order valence-corrected chi connectivity index (χ0v) is 11.9. The summed E-state index contributed by atoms with van der Waals surface area (Å²) >= 11 is 7.51. The summed E-state index contributed by atoms with van der Waals surface area (Å²) in [4.78, 5) is 12.5. The number of nitrogens with one attached hydrogen (secondary N) is 2. The number of hydrogen-bond acceptors (Lipinski definition) is 5. The van der Waals surface area contributed by atoms with Crippen LogP contribution in [0, 0.1) is 0 Å². The van der Waals surface area contributed by atoms with Crippen LogP contribution < -0.4 is 10.6 Å². The zero-order valence-electron chi connectivity index (χ0n) is 10.3. The van der Waals surface area contributed by atoms with E-state index in [1.807, 2.05) is 0 Å². The molecule has 1 amide bonds. The van der Waals surface area contributed by atoms with Crippen LogP contribution in [0.25, 0.3) is 0 Å². The van der Waals surface area contributed by atoms with Crippen molar-refractivity contribution in [2.45, 2.75) is 17.0 Å². The Balaban J connectivity index is 2.21. The third-order valence-electron chi connectivity index (χ3n) is 2.87. The van der Waals surface area contributed by atoms with Gasteiger partial charge in [0.1, 0.15) is 6.04 Å². The molecule has 104 valence electrons. The van der Waals surface area contributed by atoms with E-state index in [4.69, 9.17) is 16.7 Å². The van der Waals surface area contributed by atoms with E-state index in [1.165, 1.54) is 11.8 Å². The summed E-state index contributed by atoms with van der Waals surface area (Å²) in [5.41, 5.74) is 1.55. The third-order valence-corrected chi connectivity index (χ3v) is 4.49. The van der Waals surface area contributed by atoms with Crippen molar-refractivity contribution in [3.8, 4) is 0 Å². The number of rotatable bonds is 5. The second-order valence-electron chi connectivity index (χ2n) is 4.23. The first-order valence-electron chi connectivity index (χ1n) is 5.80. The molecule has 1 heterocycles. The number of thioether (sulfide) groups is 1. The average Bonchev–Trinajstić information content (AvgIpc) is 2.70. The van der Waals surface area contributed by atoms with Crippen LogP contribution in [0.3, 0.4) is 0 Å². The molecule has 0 bridgehead atoms. The number of halogens is 1. The van der Waals surface area contributed by atoms with E-state index in [0.29, 0.717) is 10.8 Å². The molecule has 0 aromatic heterocycles. The van der Waals surface area contributed by atoms with Crippen LogP contribution in [0.1, 0.15) is 11.6 Å². The van der Waals surface area contributed by atoms with Gasteiger partial charge in [-0.15, -0.1) is 11.8 Å². The van der Waals surface area contributed by atoms with Gasteiger partial charge in [0.2, 0.25) is 5.91 Å². The van der Waals surface area contributed by atoms with E-state index < -0.39 is 6.10 Å². The van der Waals surface area contributed by atoms with Crippen LogP contribution in [-0.2, 0) is 4.79 Å². The van der Waals surface area contributed by atoms with Gasteiger partial charge in [-0.05, 0) is 19.2 Å². The smallest absolute Gasteiger partial charge is 0.246 e. The van der Waals surface area contributed by atoms with Gasteiger partial charge in [-0.1, -0.05) is 11.6 Å². The topological polar surface area (TPSA) is 81.6 Å². The van der Waals surface area contributed by atoms with Crippen molar-refractivity contribution in [2.24, 2.45) is 0 Å². The standard InChI is InChI=1S/C12H15ClN2O3S/c1-14-11-7-2-8(13)10(19-5-6(17)4-16)3-9(7)15-12(11)18/h2-3,6,11,14,16-17H,4-5H2,1H3,(H,15,18). The highest BCUT2D eigenvalue weighted by Crippen LogP contribution is 2.38. The predicted molar refractivity (Wildman–Crippen MR) is 75.7 cm³/mol. The Morgan fingerprint density at radius 3 is 2.95 bits per heavy atom. The minimum absolute atomic E-state index is 0.105. The summed E-state index contributed by atoms with van der Waals surface area (Å²) in [6, 6.07) is 3.17. The summed E-state index contributed by atoms with van der Waals surface area (Å²) in [6.45, 7) is -0.284. The first-order valence-corrected chi connectivity index (χ1v) is 7.16. The Labute approximate surface area is 120 Å². The monoisotopic (exact) mass is 302 g/mol. The molecule has 7 heteroatoms. The first kappa shape index (κ1) is 14.6. The van der Waals surface area contributed by atoms with Gasteiger partial charge in [0.15, 0.2) is 0 Å². The Hall–Kier alpha value is -0.790. The van der Waals surface area contributed by atoms with Gasteiger partial charge >= 0.3 is 0 Å². The lowest BCUT2D eigenvalue weighted by Gasteiger charge is -2.11. The van der Waals surface area contributed by atoms with Gasteiger partial charge in [-0.2, -0.15) is 0 Å². The minimum atomic E-state index is -0.783. The minimum Gasteiger partial charge on any atom is -0.394 e. The largest absolute Gasteiger partial charge is 0.394 e. The second-order valence-corrected chi connectivity index (χ2v) is 5.70. The van der Waals surface area contributed by atoms with E-state index in [0.717, 1.165) is 16.1 Å². The van der Waals surface area contributed by atoms with Crippen molar-refractivity contribution in [3.05, 3.63) is 22.7 Å². The van der Waals surface area contributed by atoms with Crippen LogP contribution in [0.15, 0.2) is 17.0 Å². The Kier molecular flexibility index (Phi) is 4.70. The molecule has 19 heavy (non-hydrogen) atoms. The highest BCUT2D eigenvalue weighted by atomic mass is 35.5. The van der Waals surface area contributed by atoms with Gasteiger partial charge < -0.3 is 20.8 Å². The molecular formula is C12H15ClN2O3S. The maximum atomic E-state index is 11.7. The fraction of sp³-hybridized carbons (Fsp3) is 0.417. The molecule has 5 nitrogen and oxygen atoms in total. The molecule has 0 fully saturated rings.